The van der Waals surface area contributed by atoms with Gasteiger partial charge in [-0.05, 0) is 31.5 Å². The summed E-state index contributed by atoms with van der Waals surface area (Å²) < 4.78 is 5.04. The zero-order valence-electron chi connectivity index (χ0n) is 11.8. The van der Waals surface area contributed by atoms with E-state index in [9.17, 15) is 14.7 Å². The summed E-state index contributed by atoms with van der Waals surface area (Å²) in [5, 5.41) is 11.6. The van der Waals surface area contributed by atoms with E-state index in [4.69, 9.17) is 4.74 Å². The average Bonchev–Trinajstić information content (AvgIpc) is 2.98. The van der Waals surface area contributed by atoms with Gasteiger partial charge in [-0.3, -0.25) is 0 Å². The van der Waals surface area contributed by atoms with Gasteiger partial charge >= 0.3 is 12.1 Å². The third-order valence-electron chi connectivity index (χ3n) is 3.44. The minimum atomic E-state index is -1.04. The van der Waals surface area contributed by atoms with Gasteiger partial charge in [-0.15, -0.1) is 0 Å². The number of benzene rings is 1. The number of alkyl carbamates (subject to hydrolysis) is 1. The Bertz CT molecular complexity index is 472. The molecule has 1 saturated heterocycles. The molecule has 1 heterocycles. The highest BCUT2D eigenvalue weighted by atomic mass is 16.5. The molecule has 1 aliphatic heterocycles. The van der Waals surface area contributed by atoms with E-state index in [1.807, 2.05) is 35.2 Å². The highest BCUT2D eigenvalue weighted by Gasteiger charge is 2.25. The molecule has 1 aromatic rings. The van der Waals surface area contributed by atoms with Crippen molar-refractivity contribution in [2.45, 2.75) is 25.5 Å². The number of carbonyl (C=O) groups is 2. The Kier molecular flexibility index (Phi) is 5.57. The van der Waals surface area contributed by atoms with E-state index in [1.165, 1.54) is 0 Å². The van der Waals surface area contributed by atoms with Crippen molar-refractivity contribution in [2.75, 3.05) is 19.6 Å². The lowest BCUT2D eigenvalue weighted by atomic mass is 10.2. The van der Waals surface area contributed by atoms with Crippen molar-refractivity contribution in [3.8, 4) is 0 Å². The van der Waals surface area contributed by atoms with Gasteiger partial charge in [0.2, 0.25) is 0 Å². The van der Waals surface area contributed by atoms with Crippen molar-refractivity contribution in [3.05, 3.63) is 35.9 Å². The van der Waals surface area contributed by atoms with Crippen LogP contribution in [0.5, 0.6) is 0 Å². The minimum absolute atomic E-state index is 0.128. The summed E-state index contributed by atoms with van der Waals surface area (Å²) in [4.78, 5) is 24.9. The van der Waals surface area contributed by atoms with Crippen molar-refractivity contribution in [3.63, 3.8) is 0 Å². The lowest BCUT2D eigenvalue weighted by Crippen LogP contribution is -2.48. The first-order valence-corrected chi connectivity index (χ1v) is 7.07. The second-order valence-electron chi connectivity index (χ2n) is 5.10. The van der Waals surface area contributed by atoms with Crippen LogP contribution in [0.15, 0.2) is 30.3 Å². The minimum Gasteiger partial charge on any atom is -0.480 e. The quantitative estimate of drug-likeness (QED) is 0.830. The van der Waals surface area contributed by atoms with Crippen LogP contribution in [0.25, 0.3) is 0 Å². The standard InChI is InChI=1S/C15H20N2O4/c18-14(19)13(10-17-8-4-5-9-17)16-15(20)21-11-12-6-2-1-3-7-12/h1-3,6-7,13H,4-5,8-11H2,(H,16,20)(H,18,19). The molecule has 1 unspecified atom stereocenters. The molecule has 1 aromatic carbocycles. The van der Waals surface area contributed by atoms with Gasteiger partial charge in [0, 0.05) is 6.54 Å². The number of amides is 1. The van der Waals surface area contributed by atoms with Crippen LogP contribution >= 0.6 is 0 Å². The number of ether oxygens (including phenoxy) is 1. The number of carbonyl (C=O) groups excluding carboxylic acids is 1. The van der Waals surface area contributed by atoms with Gasteiger partial charge in [-0.25, -0.2) is 9.59 Å². The number of aliphatic carboxylic acids is 1. The maximum Gasteiger partial charge on any atom is 0.408 e. The summed E-state index contributed by atoms with van der Waals surface area (Å²) in [6.07, 6.45) is 1.45. The molecule has 0 bridgehead atoms. The van der Waals surface area contributed by atoms with Crippen LogP contribution in [0.2, 0.25) is 0 Å². The van der Waals surface area contributed by atoms with Crippen LogP contribution in [0.3, 0.4) is 0 Å². The van der Waals surface area contributed by atoms with Crippen molar-refractivity contribution >= 4 is 12.1 Å². The summed E-state index contributed by atoms with van der Waals surface area (Å²) in [5.74, 6) is -1.04. The van der Waals surface area contributed by atoms with Crippen LogP contribution in [0, 0.1) is 0 Å². The number of hydrogen-bond acceptors (Lipinski definition) is 4. The lowest BCUT2D eigenvalue weighted by molar-refractivity contribution is -0.139. The topological polar surface area (TPSA) is 78.9 Å². The molecule has 0 spiro atoms. The Morgan fingerprint density at radius 1 is 1.24 bits per heavy atom. The van der Waals surface area contributed by atoms with E-state index in [-0.39, 0.29) is 6.61 Å². The van der Waals surface area contributed by atoms with Crippen molar-refractivity contribution in [2.24, 2.45) is 0 Å². The number of nitrogens with zero attached hydrogens (tertiary/aromatic N) is 1. The first-order chi connectivity index (χ1) is 10.1. The third kappa shape index (κ3) is 5.07. The Labute approximate surface area is 123 Å². The second-order valence-corrected chi connectivity index (χ2v) is 5.10. The maximum absolute atomic E-state index is 11.7. The first-order valence-electron chi connectivity index (χ1n) is 7.07. The summed E-state index contributed by atoms with van der Waals surface area (Å²) in [5.41, 5.74) is 0.860. The normalized spacial score (nSPS) is 16.4. The molecular formula is C15H20N2O4. The molecule has 1 amide bonds. The number of rotatable bonds is 6. The Morgan fingerprint density at radius 2 is 1.90 bits per heavy atom. The van der Waals surface area contributed by atoms with Gasteiger partial charge in [0.05, 0.1) is 0 Å². The number of carboxylic acids is 1. The molecule has 6 heteroatoms. The van der Waals surface area contributed by atoms with E-state index in [1.54, 1.807) is 0 Å². The molecule has 0 aromatic heterocycles. The van der Waals surface area contributed by atoms with Crippen molar-refractivity contribution in [1.82, 2.24) is 10.2 Å². The third-order valence-corrected chi connectivity index (χ3v) is 3.44. The van der Waals surface area contributed by atoms with Gasteiger partial charge < -0.3 is 20.1 Å². The lowest BCUT2D eigenvalue weighted by Gasteiger charge is -2.21. The molecule has 0 aliphatic carbocycles. The molecule has 1 aliphatic rings. The highest BCUT2D eigenvalue weighted by Crippen LogP contribution is 2.08. The Morgan fingerprint density at radius 3 is 2.52 bits per heavy atom. The zero-order valence-corrected chi connectivity index (χ0v) is 11.8. The molecule has 1 atom stereocenters. The predicted molar refractivity (Wildman–Crippen MR) is 76.9 cm³/mol. The fourth-order valence-electron chi connectivity index (χ4n) is 2.32. The number of carboxylic acid groups (broad SMARTS) is 1. The molecule has 2 rings (SSSR count). The Hall–Kier alpha value is -2.08. The van der Waals surface area contributed by atoms with Crippen LogP contribution in [-0.4, -0.2) is 47.7 Å². The predicted octanol–water partition coefficient (Wildman–Crippen LogP) is 1.46. The average molecular weight is 292 g/mol. The van der Waals surface area contributed by atoms with Gasteiger partial charge in [-0.2, -0.15) is 0 Å². The van der Waals surface area contributed by atoms with Gasteiger partial charge in [0.15, 0.2) is 0 Å². The maximum atomic E-state index is 11.7. The van der Waals surface area contributed by atoms with Crippen LogP contribution < -0.4 is 5.32 Å². The number of likely N-dealkylation sites (tertiary alicyclic amines) is 1. The van der Waals surface area contributed by atoms with Gasteiger partial charge in [0.1, 0.15) is 12.6 Å². The SMILES string of the molecule is O=C(NC(CN1CCCC1)C(=O)O)OCc1ccccc1. The summed E-state index contributed by atoms with van der Waals surface area (Å²) in [6, 6.07) is 8.32. The number of nitrogens with one attached hydrogen (secondary N) is 1. The fourth-order valence-corrected chi connectivity index (χ4v) is 2.32. The van der Waals surface area contributed by atoms with Crippen molar-refractivity contribution < 1.29 is 19.4 Å². The summed E-state index contributed by atoms with van der Waals surface area (Å²) in [6.45, 7) is 2.20. The van der Waals surface area contributed by atoms with E-state index in [0.29, 0.717) is 6.54 Å². The molecule has 0 radical (unpaired) electrons. The molecule has 6 nitrogen and oxygen atoms in total. The number of hydrogen-bond donors (Lipinski definition) is 2. The van der Waals surface area contributed by atoms with E-state index >= 15 is 0 Å². The first kappa shape index (κ1) is 15.3. The zero-order chi connectivity index (χ0) is 15.1. The molecule has 114 valence electrons. The summed E-state index contributed by atoms with van der Waals surface area (Å²) in [7, 11) is 0. The molecule has 2 N–H and O–H groups in total. The van der Waals surface area contributed by atoms with Crippen LogP contribution in [0.4, 0.5) is 4.79 Å². The highest BCUT2D eigenvalue weighted by molar-refractivity contribution is 5.80. The van der Waals surface area contributed by atoms with E-state index in [0.717, 1.165) is 31.5 Å². The largest absolute Gasteiger partial charge is 0.480 e. The smallest absolute Gasteiger partial charge is 0.408 e. The van der Waals surface area contributed by atoms with Crippen LogP contribution in [-0.2, 0) is 16.1 Å². The molecule has 0 saturated carbocycles. The molecular weight excluding hydrogens is 272 g/mol. The van der Waals surface area contributed by atoms with Crippen LogP contribution in [0.1, 0.15) is 18.4 Å². The van der Waals surface area contributed by atoms with E-state index in [2.05, 4.69) is 5.32 Å². The van der Waals surface area contributed by atoms with Gasteiger partial charge in [0.25, 0.3) is 0 Å². The summed E-state index contributed by atoms with van der Waals surface area (Å²) >= 11 is 0. The molecule has 1 fully saturated rings. The van der Waals surface area contributed by atoms with Gasteiger partial charge in [-0.1, -0.05) is 30.3 Å². The van der Waals surface area contributed by atoms with E-state index < -0.39 is 18.1 Å². The van der Waals surface area contributed by atoms with Crippen molar-refractivity contribution in [1.29, 1.82) is 0 Å². The fraction of sp³-hybridized carbons (Fsp3) is 0.467. The second kappa shape index (κ2) is 7.64. The Balaban J connectivity index is 1.79. The molecule has 21 heavy (non-hydrogen) atoms. The monoisotopic (exact) mass is 292 g/mol.